The molecule has 2 atom stereocenters. The molecule has 5 heteroatoms. The van der Waals surface area contributed by atoms with Crippen molar-refractivity contribution < 1.29 is 19.4 Å². The molecule has 5 nitrogen and oxygen atoms in total. The predicted octanol–water partition coefficient (Wildman–Crippen LogP) is 4.16. The Morgan fingerprint density at radius 3 is 2.69 bits per heavy atom. The summed E-state index contributed by atoms with van der Waals surface area (Å²) in [4.78, 5) is 15.2. The van der Waals surface area contributed by atoms with Gasteiger partial charge in [0, 0.05) is 23.7 Å². The molecule has 1 amide bonds. The number of carbonyl (C=O) groups is 1. The molecule has 0 spiro atoms. The Morgan fingerprint density at radius 2 is 2.03 bits per heavy atom. The van der Waals surface area contributed by atoms with Gasteiger partial charge in [0.15, 0.2) is 11.5 Å². The van der Waals surface area contributed by atoms with Crippen LogP contribution in [0.3, 0.4) is 0 Å². The van der Waals surface area contributed by atoms with Crippen LogP contribution in [-0.4, -0.2) is 42.7 Å². The van der Waals surface area contributed by atoms with Crippen molar-refractivity contribution in [3.8, 4) is 11.5 Å². The number of benzene rings is 2. The molecule has 2 aromatic carbocycles. The van der Waals surface area contributed by atoms with Crippen LogP contribution in [0.2, 0.25) is 0 Å². The molecule has 1 saturated heterocycles. The third kappa shape index (κ3) is 4.62. The monoisotopic (exact) mass is 395 g/mol. The fourth-order valence-electron chi connectivity index (χ4n) is 4.06. The van der Waals surface area contributed by atoms with Crippen LogP contribution in [0.25, 0.3) is 0 Å². The average molecular weight is 395 g/mol. The highest BCUT2D eigenvalue weighted by Gasteiger charge is 2.32. The quantitative estimate of drug-likeness (QED) is 0.682. The zero-order valence-electron chi connectivity index (χ0n) is 17.1. The van der Waals surface area contributed by atoms with Gasteiger partial charge in [-0.2, -0.15) is 0 Å². The summed E-state index contributed by atoms with van der Waals surface area (Å²) in [6.45, 7) is 4.48. The number of aliphatic hydroxyl groups excluding tert-OH is 1. The van der Waals surface area contributed by atoms with Crippen LogP contribution in [0.1, 0.15) is 46.9 Å². The standard InChI is InChI=1S/C24H29NO4/c1-4-9-18-14-19(15-22(28-2)23(18)29-3)24(27)25-13-8-12-20(25)16-21(26)17-10-6-5-7-11-17/h4-7,10-11,14-15,20-21,26H,1,8-9,12-13,16H2,2-3H3/t20-,21+/m0/s1. The zero-order chi connectivity index (χ0) is 20.8. The average Bonchev–Trinajstić information content (AvgIpc) is 3.21. The summed E-state index contributed by atoms with van der Waals surface area (Å²) in [7, 11) is 3.16. The number of methoxy groups -OCH3 is 2. The van der Waals surface area contributed by atoms with E-state index in [1.54, 1.807) is 26.4 Å². The molecule has 0 radical (unpaired) electrons. The first-order chi connectivity index (χ1) is 14.1. The van der Waals surface area contributed by atoms with Crippen LogP contribution < -0.4 is 9.47 Å². The summed E-state index contributed by atoms with van der Waals surface area (Å²) < 4.78 is 10.9. The van der Waals surface area contributed by atoms with Gasteiger partial charge in [-0.1, -0.05) is 36.4 Å². The van der Waals surface area contributed by atoms with Gasteiger partial charge in [-0.15, -0.1) is 6.58 Å². The number of likely N-dealkylation sites (tertiary alicyclic amines) is 1. The van der Waals surface area contributed by atoms with Crippen molar-refractivity contribution in [1.29, 1.82) is 0 Å². The molecule has 0 bridgehead atoms. The predicted molar refractivity (Wildman–Crippen MR) is 114 cm³/mol. The van der Waals surface area contributed by atoms with E-state index in [1.165, 1.54) is 0 Å². The van der Waals surface area contributed by atoms with E-state index in [2.05, 4.69) is 6.58 Å². The molecule has 0 aliphatic carbocycles. The number of aliphatic hydroxyl groups is 1. The summed E-state index contributed by atoms with van der Waals surface area (Å²) in [5.41, 5.74) is 2.32. The van der Waals surface area contributed by atoms with E-state index in [9.17, 15) is 9.90 Å². The largest absolute Gasteiger partial charge is 0.493 e. The smallest absolute Gasteiger partial charge is 0.254 e. The molecule has 154 valence electrons. The Hall–Kier alpha value is -2.79. The zero-order valence-corrected chi connectivity index (χ0v) is 17.1. The lowest BCUT2D eigenvalue weighted by atomic mass is 9.99. The third-order valence-corrected chi connectivity index (χ3v) is 5.48. The van der Waals surface area contributed by atoms with Crippen molar-refractivity contribution in [2.24, 2.45) is 0 Å². The minimum absolute atomic E-state index is 0.00802. The summed E-state index contributed by atoms with van der Waals surface area (Å²) in [5, 5.41) is 10.6. The van der Waals surface area contributed by atoms with E-state index in [-0.39, 0.29) is 11.9 Å². The molecule has 29 heavy (non-hydrogen) atoms. The minimum atomic E-state index is -0.587. The maximum Gasteiger partial charge on any atom is 0.254 e. The molecule has 1 aliphatic rings. The van der Waals surface area contributed by atoms with Crippen LogP contribution >= 0.6 is 0 Å². The first kappa shape index (κ1) is 20.9. The molecular formula is C24H29NO4. The lowest BCUT2D eigenvalue weighted by Crippen LogP contribution is -2.36. The van der Waals surface area contributed by atoms with Gasteiger partial charge in [0.05, 0.1) is 20.3 Å². The molecule has 0 unspecified atom stereocenters. The van der Waals surface area contributed by atoms with Gasteiger partial charge in [0.1, 0.15) is 0 Å². The van der Waals surface area contributed by atoms with E-state index in [0.29, 0.717) is 36.4 Å². The molecule has 2 aromatic rings. The van der Waals surface area contributed by atoms with Gasteiger partial charge in [0.25, 0.3) is 5.91 Å². The van der Waals surface area contributed by atoms with E-state index in [4.69, 9.17) is 9.47 Å². The van der Waals surface area contributed by atoms with Gasteiger partial charge < -0.3 is 19.5 Å². The number of ether oxygens (including phenoxy) is 2. The van der Waals surface area contributed by atoms with Crippen molar-refractivity contribution in [3.63, 3.8) is 0 Å². The molecule has 1 aliphatic heterocycles. The first-order valence-electron chi connectivity index (χ1n) is 9.98. The van der Waals surface area contributed by atoms with Crippen molar-refractivity contribution >= 4 is 5.91 Å². The van der Waals surface area contributed by atoms with Gasteiger partial charge in [-0.25, -0.2) is 0 Å². The Kier molecular flexibility index (Phi) is 6.94. The summed E-state index contributed by atoms with van der Waals surface area (Å²) in [6, 6.07) is 13.2. The molecule has 0 aromatic heterocycles. The molecule has 1 heterocycles. The number of carbonyl (C=O) groups excluding carboxylic acids is 1. The van der Waals surface area contributed by atoms with E-state index >= 15 is 0 Å². The Bertz CT molecular complexity index is 849. The van der Waals surface area contributed by atoms with Crippen LogP contribution in [-0.2, 0) is 6.42 Å². The molecule has 0 saturated carbocycles. The fourth-order valence-corrected chi connectivity index (χ4v) is 4.06. The highest BCUT2D eigenvalue weighted by Crippen LogP contribution is 2.35. The highest BCUT2D eigenvalue weighted by atomic mass is 16.5. The van der Waals surface area contributed by atoms with Crippen LogP contribution in [0.15, 0.2) is 55.1 Å². The molecule has 1 fully saturated rings. The number of amides is 1. The lowest BCUT2D eigenvalue weighted by Gasteiger charge is -2.27. The van der Waals surface area contributed by atoms with Crippen molar-refractivity contribution in [1.82, 2.24) is 4.90 Å². The van der Waals surface area contributed by atoms with E-state index in [0.717, 1.165) is 24.0 Å². The van der Waals surface area contributed by atoms with Gasteiger partial charge in [-0.05, 0) is 43.4 Å². The van der Waals surface area contributed by atoms with Gasteiger partial charge in [-0.3, -0.25) is 4.79 Å². The van der Waals surface area contributed by atoms with Gasteiger partial charge >= 0.3 is 0 Å². The number of rotatable bonds is 8. The van der Waals surface area contributed by atoms with Crippen LogP contribution in [0, 0.1) is 0 Å². The fraction of sp³-hybridized carbons (Fsp3) is 0.375. The summed E-state index contributed by atoms with van der Waals surface area (Å²) in [5.74, 6) is 1.12. The second-order valence-electron chi connectivity index (χ2n) is 7.32. The number of hydrogen-bond acceptors (Lipinski definition) is 4. The first-order valence-corrected chi connectivity index (χ1v) is 9.98. The number of nitrogens with zero attached hydrogens (tertiary/aromatic N) is 1. The maximum atomic E-state index is 13.3. The van der Waals surface area contributed by atoms with E-state index < -0.39 is 6.10 Å². The maximum absolute atomic E-state index is 13.3. The summed E-state index contributed by atoms with van der Waals surface area (Å²) >= 11 is 0. The molecule has 3 rings (SSSR count). The number of allylic oxidation sites excluding steroid dienone is 1. The normalized spacial score (nSPS) is 17.1. The SMILES string of the molecule is C=CCc1cc(C(=O)N2CCC[C@H]2C[C@@H](O)c2ccccc2)cc(OC)c1OC. The summed E-state index contributed by atoms with van der Waals surface area (Å²) in [6.07, 6.45) is 4.13. The topological polar surface area (TPSA) is 59.0 Å². The Balaban J connectivity index is 1.83. The Labute approximate surface area is 172 Å². The van der Waals surface area contributed by atoms with Crippen molar-refractivity contribution in [2.45, 2.75) is 37.8 Å². The second kappa shape index (κ2) is 9.61. The lowest BCUT2D eigenvalue weighted by molar-refractivity contribution is 0.0666. The van der Waals surface area contributed by atoms with Crippen LogP contribution in [0.5, 0.6) is 11.5 Å². The molecule has 1 N–H and O–H groups in total. The number of hydrogen-bond donors (Lipinski definition) is 1. The van der Waals surface area contributed by atoms with Crippen molar-refractivity contribution in [2.75, 3.05) is 20.8 Å². The minimum Gasteiger partial charge on any atom is -0.493 e. The van der Waals surface area contributed by atoms with Gasteiger partial charge in [0.2, 0.25) is 0 Å². The highest BCUT2D eigenvalue weighted by molar-refractivity contribution is 5.95. The van der Waals surface area contributed by atoms with Crippen LogP contribution in [0.4, 0.5) is 0 Å². The van der Waals surface area contributed by atoms with Crippen molar-refractivity contribution in [3.05, 3.63) is 71.8 Å². The third-order valence-electron chi connectivity index (χ3n) is 5.48. The second-order valence-corrected chi connectivity index (χ2v) is 7.32. The van der Waals surface area contributed by atoms with E-state index in [1.807, 2.05) is 41.3 Å². The Morgan fingerprint density at radius 1 is 1.28 bits per heavy atom. The molecular weight excluding hydrogens is 366 g/mol.